The van der Waals surface area contributed by atoms with Crippen molar-refractivity contribution in [2.24, 2.45) is 0 Å². The summed E-state index contributed by atoms with van der Waals surface area (Å²) >= 11 is 3.49. The minimum Gasteiger partial charge on any atom is -0.312 e. The molecule has 0 amide bonds. The van der Waals surface area contributed by atoms with Gasteiger partial charge in [-0.2, -0.15) is 0 Å². The standard InChI is InChI=1S/C14H19N3S2/c1-4-12(19-14-17-16-10(2)18-14)13(15-3)11-8-6-5-7-9-11/h5-9,12-13,15H,4H2,1-3H3. The first-order valence-electron chi connectivity index (χ1n) is 6.43. The molecule has 1 aromatic carbocycles. The Morgan fingerprint density at radius 1 is 1.26 bits per heavy atom. The average molecular weight is 293 g/mol. The largest absolute Gasteiger partial charge is 0.312 e. The molecule has 0 saturated heterocycles. The van der Waals surface area contributed by atoms with E-state index in [1.807, 2.05) is 25.7 Å². The third kappa shape index (κ3) is 3.78. The molecule has 0 saturated carbocycles. The maximum atomic E-state index is 4.22. The lowest BCUT2D eigenvalue weighted by atomic mass is 10.0. The minimum atomic E-state index is 0.334. The highest BCUT2D eigenvalue weighted by Crippen LogP contribution is 2.35. The molecule has 0 bridgehead atoms. The number of benzene rings is 1. The highest BCUT2D eigenvalue weighted by molar-refractivity contribution is 8.01. The second-order valence-electron chi connectivity index (χ2n) is 4.33. The van der Waals surface area contributed by atoms with Gasteiger partial charge in [0, 0.05) is 11.3 Å². The van der Waals surface area contributed by atoms with E-state index in [9.17, 15) is 0 Å². The number of rotatable bonds is 6. The van der Waals surface area contributed by atoms with Gasteiger partial charge in [0.1, 0.15) is 5.01 Å². The molecule has 19 heavy (non-hydrogen) atoms. The molecule has 0 spiro atoms. The zero-order chi connectivity index (χ0) is 13.7. The van der Waals surface area contributed by atoms with Crippen molar-refractivity contribution in [3.05, 3.63) is 40.9 Å². The van der Waals surface area contributed by atoms with Crippen molar-refractivity contribution in [2.45, 2.75) is 35.9 Å². The summed E-state index contributed by atoms with van der Waals surface area (Å²) in [5, 5.41) is 13.2. The van der Waals surface area contributed by atoms with Gasteiger partial charge in [-0.3, -0.25) is 0 Å². The highest BCUT2D eigenvalue weighted by Gasteiger charge is 2.22. The van der Waals surface area contributed by atoms with Crippen molar-refractivity contribution in [2.75, 3.05) is 7.05 Å². The number of aromatic nitrogens is 2. The number of hydrogen-bond acceptors (Lipinski definition) is 5. The second-order valence-corrected chi connectivity index (χ2v) is 7.00. The topological polar surface area (TPSA) is 37.8 Å². The quantitative estimate of drug-likeness (QED) is 0.825. The van der Waals surface area contributed by atoms with Crippen LogP contribution in [0.1, 0.15) is 30.0 Å². The van der Waals surface area contributed by atoms with Gasteiger partial charge in [0.2, 0.25) is 0 Å². The molecule has 1 N–H and O–H groups in total. The van der Waals surface area contributed by atoms with Crippen LogP contribution in [0.2, 0.25) is 0 Å². The highest BCUT2D eigenvalue weighted by atomic mass is 32.2. The SMILES string of the molecule is CCC(Sc1nnc(C)s1)C(NC)c1ccccc1. The normalized spacial score (nSPS) is 14.3. The van der Waals surface area contributed by atoms with Crippen molar-refractivity contribution in [1.82, 2.24) is 15.5 Å². The second kappa shape index (κ2) is 7.03. The molecule has 102 valence electrons. The molecular formula is C14H19N3S2. The van der Waals surface area contributed by atoms with E-state index in [1.54, 1.807) is 11.3 Å². The van der Waals surface area contributed by atoms with Crippen LogP contribution in [0.4, 0.5) is 0 Å². The van der Waals surface area contributed by atoms with Crippen LogP contribution < -0.4 is 5.32 Å². The van der Waals surface area contributed by atoms with Crippen LogP contribution in [0.3, 0.4) is 0 Å². The lowest BCUT2D eigenvalue weighted by Crippen LogP contribution is -2.26. The van der Waals surface area contributed by atoms with Gasteiger partial charge in [0.15, 0.2) is 4.34 Å². The van der Waals surface area contributed by atoms with Crippen molar-refractivity contribution >= 4 is 23.1 Å². The monoisotopic (exact) mass is 293 g/mol. The molecule has 0 fully saturated rings. The van der Waals surface area contributed by atoms with E-state index in [-0.39, 0.29) is 0 Å². The van der Waals surface area contributed by atoms with Crippen molar-refractivity contribution in [3.63, 3.8) is 0 Å². The molecule has 0 aliphatic rings. The van der Waals surface area contributed by atoms with Crippen LogP contribution in [-0.4, -0.2) is 22.5 Å². The fourth-order valence-corrected chi connectivity index (χ4v) is 4.35. The van der Waals surface area contributed by atoms with Crippen LogP contribution >= 0.6 is 23.1 Å². The van der Waals surface area contributed by atoms with E-state index in [0.29, 0.717) is 11.3 Å². The molecule has 0 aliphatic heterocycles. The number of nitrogens with one attached hydrogen (secondary N) is 1. The first kappa shape index (κ1) is 14.5. The average Bonchev–Trinajstić information content (AvgIpc) is 2.85. The van der Waals surface area contributed by atoms with E-state index < -0.39 is 0 Å². The van der Waals surface area contributed by atoms with Crippen LogP contribution in [0.5, 0.6) is 0 Å². The maximum Gasteiger partial charge on any atom is 0.174 e. The van der Waals surface area contributed by atoms with Crippen LogP contribution in [0, 0.1) is 6.92 Å². The molecule has 3 nitrogen and oxygen atoms in total. The number of hydrogen-bond donors (Lipinski definition) is 1. The van der Waals surface area contributed by atoms with Gasteiger partial charge in [-0.05, 0) is 26.0 Å². The molecule has 2 rings (SSSR count). The molecular weight excluding hydrogens is 274 g/mol. The van der Waals surface area contributed by atoms with Gasteiger partial charge >= 0.3 is 0 Å². The predicted octanol–water partition coefficient (Wildman–Crippen LogP) is 3.68. The molecule has 2 unspecified atom stereocenters. The van der Waals surface area contributed by atoms with Crippen LogP contribution in [0.25, 0.3) is 0 Å². The third-order valence-electron chi connectivity index (χ3n) is 3.00. The number of aryl methyl sites for hydroxylation is 1. The Bertz CT molecular complexity index is 498. The summed E-state index contributed by atoms with van der Waals surface area (Å²) in [7, 11) is 2.02. The summed E-state index contributed by atoms with van der Waals surface area (Å²) in [5.41, 5.74) is 1.32. The summed E-state index contributed by atoms with van der Waals surface area (Å²) in [4.78, 5) is 0. The van der Waals surface area contributed by atoms with Gasteiger partial charge in [0.25, 0.3) is 0 Å². The molecule has 1 heterocycles. The molecule has 1 aromatic heterocycles. The molecule has 2 aromatic rings. The Morgan fingerprint density at radius 3 is 2.53 bits per heavy atom. The van der Waals surface area contributed by atoms with Crippen LogP contribution in [0.15, 0.2) is 34.7 Å². The predicted molar refractivity (Wildman–Crippen MR) is 82.8 cm³/mol. The summed E-state index contributed by atoms with van der Waals surface area (Å²) in [6.07, 6.45) is 1.09. The Balaban J connectivity index is 2.15. The first-order chi connectivity index (χ1) is 9.24. The molecule has 2 atom stereocenters. The van der Waals surface area contributed by atoms with E-state index in [1.165, 1.54) is 5.56 Å². The maximum absolute atomic E-state index is 4.22. The van der Waals surface area contributed by atoms with Gasteiger partial charge in [-0.25, -0.2) is 0 Å². The Hall–Kier alpha value is -0.910. The van der Waals surface area contributed by atoms with Crippen molar-refractivity contribution in [3.8, 4) is 0 Å². The zero-order valence-electron chi connectivity index (χ0n) is 11.5. The molecule has 0 aliphatic carbocycles. The van der Waals surface area contributed by atoms with Crippen molar-refractivity contribution < 1.29 is 0 Å². The number of nitrogens with zero attached hydrogens (tertiary/aromatic N) is 2. The minimum absolute atomic E-state index is 0.334. The van der Waals surface area contributed by atoms with Gasteiger partial charge < -0.3 is 5.32 Å². The molecule has 0 radical (unpaired) electrons. The summed E-state index contributed by atoms with van der Waals surface area (Å²) in [5.74, 6) is 0. The van der Waals surface area contributed by atoms with Gasteiger partial charge in [-0.15, -0.1) is 10.2 Å². The van der Waals surface area contributed by atoms with E-state index >= 15 is 0 Å². The smallest absolute Gasteiger partial charge is 0.174 e. The Labute approximate surface area is 122 Å². The lowest BCUT2D eigenvalue weighted by Gasteiger charge is -2.25. The van der Waals surface area contributed by atoms with E-state index in [2.05, 4.69) is 52.8 Å². The zero-order valence-corrected chi connectivity index (χ0v) is 13.1. The van der Waals surface area contributed by atoms with Gasteiger partial charge in [-0.1, -0.05) is 60.4 Å². The Morgan fingerprint density at radius 2 is 2.00 bits per heavy atom. The van der Waals surface area contributed by atoms with E-state index in [4.69, 9.17) is 0 Å². The molecule has 5 heteroatoms. The number of thioether (sulfide) groups is 1. The fraction of sp³-hybridized carbons (Fsp3) is 0.429. The van der Waals surface area contributed by atoms with E-state index in [0.717, 1.165) is 15.8 Å². The first-order valence-corrected chi connectivity index (χ1v) is 8.13. The summed E-state index contributed by atoms with van der Waals surface area (Å²) in [6.45, 7) is 4.22. The third-order valence-corrected chi connectivity index (χ3v) is 5.37. The lowest BCUT2D eigenvalue weighted by molar-refractivity contribution is 0.555. The van der Waals surface area contributed by atoms with Gasteiger partial charge in [0.05, 0.1) is 0 Å². The summed E-state index contributed by atoms with van der Waals surface area (Å²) < 4.78 is 1.06. The van der Waals surface area contributed by atoms with Crippen LogP contribution in [-0.2, 0) is 0 Å². The van der Waals surface area contributed by atoms with Crippen molar-refractivity contribution in [1.29, 1.82) is 0 Å². The fourth-order valence-electron chi connectivity index (χ4n) is 2.07. The summed E-state index contributed by atoms with van der Waals surface area (Å²) in [6, 6.07) is 10.9. The Kier molecular flexibility index (Phi) is 5.36.